The van der Waals surface area contributed by atoms with Gasteiger partial charge in [0, 0.05) is 18.8 Å². The van der Waals surface area contributed by atoms with E-state index in [9.17, 15) is 12.8 Å². The molecule has 0 spiro atoms. The average molecular weight is 301 g/mol. The fraction of sp³-hybridized carbons (Fsp3) is 0.615. The minimum atomic E-state index is -3.70. The molecule has 1 aromatic heterocycles. The molecule has 0 bridgehead atoms. The molecular formula is C13H20FN3O2S. The molecule has 0 aromatic carbocycles. The van der Waals surface area contributed by atoms with Gasteiger partial charge in [-0.1, -0.05) is 12.8 Å². The van der Waals surface area contributed by atoms with Gasteiger partial charge < -0.3 is 5.73 Å². The molecule has 1 aliphatic rings. The van der Waals surface area contributed by atoms with Crippen LogP contribution in [0.3, 0.4) is 0 Å². The van der Waals surface area contributed by atoms with Crippen LogP contribution in [-0.4, -0.2) is 36.8 Å². The molecule has 1 aliphatic carbocycles. The van der Waals surface area contributed by atoms with Crippen LogP contribution in [0.2, 0.25) is 0 Å². The highest BCUT2D eigenvalue weighted by Gasteiger charge is 2.33. The fourth-order valence-corrected chi connectivity index (χ4v) is 4.31. The second kappa shape index (κ2) is 6.60. The van der Waals surface area contributed by atoms with Crippen molar-refractivity contribution in [2.45, 2.75) is 43.0 Å². The third-order valence-electron chi connectivity index (χ3n) is 3.60. The van der Waals surface area contributed by atoms with Crippen molar-refractivity contribution < 1.29 is 12.8 Å². The summed E-state index contributed by atoms with van der Waals surface area (Å²) in [5.74, 6) is -0.642. The van der Waals surface area contributed by atoms with Gasteiger partial charge in [-0.2, -0.15) is 4.31 Å². The smallest absolute Gasteiger partial charge is 0.244 e. The van der Waals surface area contributed by atoms with Gasteiger partial charge in [0.25, 0.3) is 0 Å². The lowest BCUT2D eigenvalue weighted by Crippen LogP contribution is -2.40. The highest BCUT2D eigenvalue weighted by molar-refractivity contribution is 7.89. The summed E-state index contributed by atoms with van der Waals surface area (Å²) in [5, 5.41) is 0. The number of hydrogen-bond acceptors (Lipinski definition) is 4. The van der Waals surface area contributed by atoms with Crippen molar-refractivity contribution in [3.8, 4) is 0 Å². The summed E-state index contributed by atoms with van der Waals surface area (Å²) in [4.78, 5) is 3.55. The molecule has 2 rings (SSSR count). The topological polar surface area (TPSA) is 76.3 Å². The lowest BCUT2D eigenvalue weighted by atomic mass is 10.2. The normalized spacial score (nSPS) is 16.9. The lowest BCUT2D eigenvalue weighted by Gasteiger charge is -2.27. The first-order valence-corrected chi connectivity index (χ1v) is 8.32. The summed E-state index contributed by atoms with van der Waals surface area (Å²) in [6.45, 7) is 0.806. The fourth-order valence-electron chi connectivity index (χ4n) is 2.61. The number of pyridine rings is 1. The predicted octanol–water partition coefficient (Wildman–Crippen LogP) is 1.50. The van der Waals surface area contributed by atoms with E-state index in [1.54, 1.807) is 0 Å². The summed E-state index contributed by atoms with van der Waals surface area (Å²) >= 11 is 0. The Morgan fingerprint density at radius 1 is 1.35 bits per heavy atom. The second-order valence-electron chi connectivity index (χ2n) is 5.04. The highest BCUT2D eigenvalue weighted by Crippen LogP contribution is 2.28. The first kappa shape index (κ1) is 15.3. The van der Waals surface area contributed by atoms with Crippen molar-refractivity contribution in [1.29, 1.82) is 0 Å². The Bertz CT molecular complexity index is 544. The minimum Gasteiger partial charge on any atom is -0.330 e. The van der Waals surface area contributed by atoms with E-state index in [2.05, 4.69) is 4.98 Å². The zero-order chi connectivity index (χ0) is 14.6. The molecular weight excluding hydrogens is 281 g/mol. The maximum Gasteiger partial charge on any atom is 0.244 e. The molecule has 5 nitrogen and oxygen atoms in total. The summed E-state index contributed by atoms with van der Waals surface area (Å²) in [6, 6.07) is 1.02. The molecule has 1 fully saturated rings. The molecule has 0 saturated heterocycles. The van der Waals surface area contributed by atoms with Crippen LogP contribution in [0.25, 0.3) is 0 Å². The molecule has 0 radical (unpaired) electrons. The van der Waals surface area contributed by atoms with E-state index in [1.807, 2.05) is 0 Å². The van der Waals surface area contributed by atoms with Crippen LogP contribution < -0.4 is 5.73 Å². The number of hydrogen-bond donors (Lipinski definition) is 1. The molecule has 1 heterocycles. The molecule has 2 N–H and O–H groups in total. The van der Waals surface area contributed by atoms with Gasteiger partial charge in [-0.15, -0.1) is 0 Å². The SMILES string of the molecule is NCCCN(C1CCCC1)S(=O)(=O)c1cncc(F)c1. The largest absolute Gasteiger partial charge is 0.330 e. The maximum atomic E-state index is 13.2. The van der Waals surface area contributed by atoms with Crippen LogP contribution in [0.4, 0.5) is 4.39 Å². The zero-order valence-electron chi connectivity index (χ0n) is 11.3. The first-order chi connectivity index (χ1) is 9.55. The number of nitrogens with two attached hydrogens (primary N) is 1. The number of halogens is 1. The van der Waals surface area contributed by atoms with Crippen LogP contribution in [0.1, 0.15) is 32.1 Å². The summed E-state index contributed by atoms with van der Waals surface area (Å²) < 4.78 is 40.0. The van der Waals surface area contributed by atoms with E-state index >= 15 is 0 Å². The van der Waals surface area contributed by atoms with Gasteiger partial charge in [-0.3, -0.25) is 4.98 Å². The van der Waals surface area contributed by atoms with E-state index in [0.717, 1.165) is 37.9 Å². The van der Waals surface area contributed by atoms with Gasteiger partial charge >= 0.3 is 0 Å². The Labute approximate surface area is 119 Å². The third kappa shape index (κ3) is 3.34. The van der Waals surface area contributed by atoms with Crippen molar-refractivity contribution in [3.63, 3.8) is 0 Å². The van der Waals surface area contributed by atoms with Gasteiger partial charge in [0.05, 0.1) is 6.20 Å². The molecule has 20 heavy (non-hydrogen) atoms. The van der Waals surface area contributed by atoms with Crippen LogP contribution in [0.5, 0.6) is 0 Å². The number of aromatic nitrogens is 1. The Morgan fingerprint density at radius 2 is 2.05 bits per heavy atom. The summed E-state index contributed by atoms with van der Waals surface area (Å²) in [7, 11) is -3.70. The molecule has 0 unspecified atom stereocenters. The molecule has 112 valence electrons. The average Bonchev–Trinajstić information content (AvgIpc) is 2.93. The lowest BCUT2D eigenvalue weighted by molar-refractivity contribution is 0.320. The summed E-state index contributed by atoms with van der Waals surface area (Å²) in [5.41, 5.74) is 5.49. The van der Waals surface area contributed by atoms with Crippen molar-refractivity contribution in [1.82, 2.24) is 9.29 Å². The first-order valence-electron chi connectivity index (χ1n) is 6.88. The zero-order valence-corrected chi connectivity index (χ0v) is 12.2. The molecule has 0 aliphatic heterocycles. The Kier molecular flexibility index (Phi) is 5.06. The highest BCUT2D eigenvalue weighted by atomic mass is 32.2. The van der Waals surface area contributed by atoms with Crippen molar-refractivity contribution >= 4 is 10.0 Å². The molecule has 1 aromatic rings. The monoisotopic (exact) mass is 301 g/mol. The van der Waals surface area contributed by atoms with Crippen LogP contribution >= 0.6 is 0 Å². The van der Waals surface area contributed by atoms with Crippen molar-refractivity contribution in [2.24, 2.45) is 5.73 Å². The predicted molar refractivity (Wildman–Crippen MR) is 74.0 cm³/mol. The van der Waals surface area contributed by atoms with Gasteiger partial charge in [-0.05, 0) is 31.9 Å². The van der Waals surface area contributed by atoms with Crippen LogP contribution in [0, 0.1) is 5.82 Å². The number of nitrogens with zero attached hydrogens (tertiary/aromatic N) is 2. The Hall–Kier alpha value is -1.05. The van der Waals surface area contributed by atoms with Gasteiger partial charge in [-0.25, -0.2) is 12.8 Å². The standard InChI is InChI=1S/C13H20FN3O2S/c14-11-8-13(10-16-9-11)20(18,19)17(7-3-6-15)12-4-1-2-5-12/h8-10,12H,1-7,15H2. The van der Waals surface area contributed by atoms with Crippen molar-refractivity contribution in [3.05, 3.63) is 24.3 Å². The van der Waals surface area contributed by atoms with Gasteiger partial charge in [0.1, 0.15) is 10.7 Å². The minimum absolute atomic E-state index is 0.00480. The van der Waals surface area contributed by atoms with Crippen molar-refractivity contribution in [2.75, 3.05) is 13.1 Å². The number of rotatable bonds is 6. The molecule has 0 atom stereocenters. The molecule has 1 saturated carbocycles. The Morgan fingerprint density at radius 3 is 2.65 bits per heavy atom. The Balaban J connectivity index is 2.30. The van der Waals surface area contributed by atoms with Crippen LogP contribution in [-0.2, 0) is 10.0 Å². The maximum absolute atomic E-state index is 13.2. The molecule has 7 heteroatoms. The second-order valence-corrected chi connectivity index (χ2v) is 6.93. The van der Waals surface area contributed by atoms with E-state index in [1.165, 1.54) is 10.5 Å². The van der Waals surface area contributed by atoms with Gasteiger partial charge in [0.15, 0.2) is 0 Å². The van der Waals surface area contributed by atoms with E-state index < -0.39 is 15.8 Å². The van der Waals surface area contributed by atoms with E-state index in [4.69, 9.17) is 5.73 Å². The molecule has 0 amide bonds. The number of sulfonamides is 1. The third-order valence-corrected chi connectivity index (χ3v) is 5.52. The summed E-state index contributed by atoms with van der Waals surface area (Å²) in [6.07, 6.45) is 6.56. The van der Waals surface area contributed by atoms with Gasteiger partial charge in [0.2, 0.25) is 10.0 Å². The van der Waals surface area contributed by atoms with E-state index in [0.29, 0.717) is 19.5 Å². The van der Waals surface area contributed by atoms with Crippen LogP contribution in [0.15, 0.2) is 23.4 Å². The van der Waals surface area contributed by atoms with E-state index in [-0.39, 0.29) is 10.9 Å². The quantitative estimate of drug-likeness (QED) is 0.864.